The summed E-state index contributed by atoms with van der Waals surface area (Å²) in [4.78, 5) is 24.0. The lowest BCUT2D eigenvalue weighted by atomic mass is 9.39. The molecule has 1 aromatic rings. The average Bonchev–Trinajstić information content (AvgIpc) is 2.95. The summed E-state index contributed by atoms with van der Waals surface area (Å²) in [6, 6.07) is 0. The molecule has 174 valence electrons. The predicted octanol–water partition coefficient (Wildman–Crippen LogP) is 3.59. The highest BCUT2D eigenvalue weighted by Crippen LogP contribution is 2.74. The molecule has 0 saturated heterocycles. The van der Waals surface area contributed by atoms with Crippen LogP contribution in [0, 0.1) is 23.7 Å². The first kappa shape index (κ1) is 23.1. The molecule has 7 nitrogen and oxygen atoms in total. The van der Waals surface area contributed by atoms with Crippen molar-refractivity contribution in [1.82, 2.24) is 0 Å². The molecular weight excluding hydrogens is 436 g/mol. The smallest absolute Gasteiger partial charge is 0.339 e. The third-order valence-corrected chi connectivity index (χ3v) is 8.73. The Morgan fingerprint density at radius 2 is 1.88 bits per heavy atom. The number of fused-ring (bicyclic) bond motifs is 3. The number of carbonyl (C=O) groups excluding carboxylic acids is 1. The third-order valence-electron chi connectivity index (χ3n) is 8.27. The van der Waals surface area contributed by atoms with Gasteiger partial charge in [0.2, 0.25) is 0 Å². The van der Waals surface area contributed by atoms with E-state index in [-0.39, 0.29) is 44.4 Å². The molecule has 0 aliphatic heterocycles. The molecule has 0 amide bonds. The van der Waals surface area contributed by atoms with Crippen LogP contribution in [0.1, 0.15) is 67.4 Å². The molecule has 0 bridgehead atoms. The Morgan fingerprint density at radius 1 is 1.25 bits per heavy atom. The van der Waals surface area contributed by atoms with E-state index >= 15 is 0 Å². The van der Waals surface area contributed by atoms with Gasteiger partial charge in [0, 0.05) is 28.4 Å². The Balaban J connectivity index is 1.96. The van der Waals surface area contributed by atoms with Gasteiger partial charge in [0.25, 0.3) is 0 Å². The number of hydrogen-bond donors (Lipinski definition) is 4. The van der Waals surface area contributed by atoms with E-state index in [1.165, 1.54) is 20.1 Å². The van der Waals surface area contributed by atoms with Gasteiger partial charge < -0.3 is 25.2 Å². The van der Waals surface area contributed by atoms with Gasteiger partial charge in [-0.3, -0.25) is 4.79 Å². The number of methoxy groups -OCH3 is 1. The Hall–Kier alpha value is -2.09. The zero-order valence-electron chi connectivity index (χ0n) is 18.8. The van der Waals surface area contributed by atoms with Crippen molar-refractivity contribution < 1.29 is 34.8 Å². The number of aromatic carboxylic acids is 1. The van der Waals surface area contributed by atoms with E-state index in [0.717, 1.165) is 0 Å². The zero-order valence-corrected chi connectivity index (χ0v) is 19.6. The lowest BCUT2D eigenvalue weighted by molar-refractivity contribution is -0.215. The molecule has 0 spiro atoms. The summed E-state index contributed by atoms with van der Waals surface area (Å²) >= 11 is 6.41. The third kappa shape index (κ3) is 2.62. The van der Waals surface area contributed by atoms with Gasteiger partial charge in [-0.2, -0.15) is 0 Å². The lowest BCUT2D eigenvalue weighted by Crippen LogP contribution is -2.70. The van der Waals surface area contributed by atoms with Crippen molar-refractivity contribution >= 4 is 23.9 Å². The second-order valence-corrected chi connectivity index (χ2v) is 11.0. The van der Waals surface area contributed by atoms with Gasteiger partial charge in [0.05, 0.1) is 17.7 Å². The minimum absolute atomic E-state index is 0.0286. The topological polar surface area (TPSA) is 124 Å². The Kier molecular flexibility index (Phi) is 4.84. The van der Waals surface area contributed by atoms with Crippen LogP contribution in [-0.2, 0) is 4.79 Å². The highest BCUT2D eigenvalue weighted by Gasteiger charge is 2.75. The second-order valence-electron chi connectivity index (χ2n) is 10.7. The number of carbonyl (C=O) groups is 2. The number of ether oxygens (including phenoxy) is 1. The van der Waals surface area contributed by atoms with Crippen molar-refractivity contribution in [3.05, 3.63) is 33.4 Å². The molecule has 2 saturated carbocycles. The van der Waals surface area contributed by atoms with Crippen molar-refractivity contribution in [3.8, 4) is 11.5 Å². The van der Waals surface area contributed by atoms with Crippen molar-refractivity contribution in [2.24, 2.45) is 16.7 Å². The van der Waals surface area contributed by atoms with E-state index in [1.54, 1.807) is 0 Å². The first-order valence-electron chi connectivity index (χ1n) is 10.6. The maximum atomic E-state index is 12.1. The summed E-state index contributed by atoms with van der Waals surface area (Å²) < 4.78 is 5.44. The minimum atomic E-state index is -1.73. The summed E-state index contributed by atoms with van der Waals surface area (Å²) in [7, 11) is 1.35. The zero-order chi connectivity index (χ0) is 24.0. The van der Waals surface area contributed by atoms with E-state index in [9.17, 15) is 30.0 Å². The summed E-state index contributed by atoms with van der Waals surface area (Å²) in [5.41, 5.74) is -4.14. The van der Waals surface area contributed by atoms with Gasteiger partial charge in [-0.05, 0) is 43.2 Å². The molecule has 1 unspecified atom stereocenters. The van der Waals surface area contributed by atoms with Gasteiger partial charge in [-0.1, -0.05) is 32.4 Å². The van der Waals surface area contributed by atoms with Crippen molar-refractivity contribution in [2.45, 2.75) is 64.1 Å². The molecule has 0 heterocycles. The minimum Gasteiger partial charge on any atom is -0.507 e. The first-order valence-corrected chi connectivity index (χ1v) is 11.0. The summed E-state index contributed by atoms with van der Waals surface area (Å²) in [6.45, 7) is 7.40. The highest BCUT2D eigenvalue weighted by atomic mass is 35.5. The second kappa shape index (κ2) is 6.72. The quantitative estimate of drug-likeness (QED) is 0.502. The molecule has 3 aliphatic rings. The number of aliphatic hydroxyl groups is 2. The number of carboxylic acid groups (broad SMARTS) is 1. The molecule has 5 atom stereocenters. The van der Waals surface area contributed by atoms with Gasteiger partial charge in [0.15, 0.2) is 0 Å². The van der Waals surface area contributed by atoms with E-state index in [0.29, 0.717) is 25.5 Å². The Morgan fingerprint density at radius 3 is 2.41 bits per heavy atom. The molecule has 3 aliphatic carbocycles. The molecule has 1 aromatic carbocycles. The SMILES string of the molecule is COc1c(Cl)c(C)c(C(=O)O)c(O)c1[C@H]1C[C@]2(C)C3CC(C)(C)C[C@@]3(O)C=C(C=O)[C@]12O. The van der Waals surface area contributed by atoms with Gasteiger partial charge in [-0.15, -0.1) is 0 Å². The number of phenols is 1. The fraction of sp³-hybridized carbons (Fsp3) is 0.583. The lowest BCUT2D eigenvalue weighted by Gasteiger charge is -2.67. The van der Waals surface area contributed by atoms with Gasteiger partial charge >= 0.3 is 5.97 Å². The van der Waals surface area contributed by atoms with Crippen LogP contribution in [-0.4, -0.2) is 51.0 Å². The summed E-state index contributed by atoms with van der Waals surface area (Å²) in [5.74, 6) is -2.98. The highest BCUT2D eigenvalue weighted by molar-refractivity contribution is 6.33. The van der Waals surface area contributed by atoms with Crippen LogP contribution >= 0.6 is 11.6 Å². The number of halogens is 1. The van der Waals surface area contributed by atoms with E-state index in [1.807, 2.05) is 20.8 Å². The van der Waals surface area contributed by atoms with Crippen LogP contribution in [0.3, 0.4) is 0 Å². The van der Waals surface area contributed by atoms with Crippen LogP contribution in [0.25, 0.3) is 0 Å². The number of aldehydes is 1. The Bertz CT molecular complexity index is 1080. The summed E-state index contributed by atoms with van der Waals surface area (Å²) in [6.07, 6.45) is 3.43. The van der Waals surface area contributed by atoms with Crippen LogP contribution in [0.2, 0.25) is 5.02 Å². The molecule has 4 rings (SSSR count). The largest absolute Gasteiger partial charge is 0.507 e. The van der Waals surface area contributed by atoms with E-state index in [2.05, 4.69) is 0 Å². The first-order chi connectivity index (χ1) is 14.7. The molecular formula is C24H29ClO7. The summed E-state index contributed by atoms with van der Waals surface area (Å²) in [5, 5.41) is 44.2. The fourth-order valence-corrected chi connectivity index (χ4v) is 7.24. The number of rotatable bonds is 4. The molecule has 32 heavy (non-hydrogen) atoms. The molecule has 0 radical (unpaired) electrons. The van der Waals surface area contributed by atoms with Crippen LogP contribution in [0.15, 0.2) is 11.6 Å². The maximum Gasteiger partial charge on any atom is 0.339 e. The average molecular weight is 465 g/mol. The number of benzene rings is 1. The normalized spacial score (nSPS) is 37.1. The van der Waals surface area contributed by atoms with Crippen molar-refractivity contribution in [3.63, 3.8) is 0 Å². The standard InChI is InChI=1S/C24H29ClO7/c1-11-15(20(28)29)18(27)16(19(32-5)17(11)25)13-7-22(4)14-8-21(2,3)10-23(14,30)6-12(9-26)24(13,22)31/h6,9,13-14,27,30-31H,7-8,10H2,1-5H3,(H,28,29)/t13-,14?,22-,23+,24+/m1/s1. The number of hydrogen-bond acceptors (Lipinski definition) is 6. The van der Waals surface area contributed by atoms with Crippen LogP contribution < -0.4 is 4.74 Å². The van der Waals surface area contributed by atoms with Gasteiger partial charge in [-0.25, -0.2) is 4.79 Å². The molecule has 0 aromatic heterocycles. The monoisotopic (exact) mass is 464 g/mol. The molecule has 8 heteroatoms. The van der Waals surface area contributed by atoms with Crippen molar-refractivity contribution in [1.29, 1.82) is 0 Å². The fourth-order valence-electron chi connectivity index (χ4n) is 6.97. The number of carboxylic acids is 1. The van der Waals surface area contributed by atoms with Crippen molar-refractivity contribution in [2.75, 3.05) is 7.11 Å². The molecule has 2 fully saturated rings. The predicted molar refractivity (Wildman–Crippen MR) is 117 cm³/mol. The van der Waals surface area contributed by atoms with Gasteiger partial charge in [0.1, 0.15) is 28.9 Å². The van der Waals surface area contributed by atoms with E-state index in [4.69, 9.17) is 16.3 Å². The molecule has 4 N–H and O–H groups in total. The number of aromatic hydroxyl groups is 1. The van der Waals surface area contributed by atoms with E-state index < -0.39 is 34.3 Å². The van der Waals surface area contributed by atoms with Crippen LogP contribution in [0.4, 0.5) is 0 Å². The van der Waals surface area contributed by atoms with Crippen LogP contribution in [0.5, 0.6) is 11.5 Å². The Labute approximate surface area is 191 Å². The maximum absolute atomic E-state index is 12.1.